The van der Waals surface area contributed by atoms with Gasteiger partial charge >= 0.3 is 0 Å². The molecule has 3 atom stereocenters. The lowest BCUT2D eigenvalue weighted by molar-refractivity contribution is -0.0766. The molecule has 0 aromatic heterocycles. The van der Waals surface area contributed by atoms with E-state index in [2.05, 4.69) is 17.1 Å². The molecule has 0 aromatic carbocycles. The summed E-state index contributed by atoms with van der Waals surface area (Å²) in [7, 11) is 0. The summed E-state index contributed by atoms with van der Waals surface area (Å²) in [6.07, 6.45) is 7.07. The zero-order chi connectivity index (χ0) is 18.9. The van der Waals surface area contributed by atoms with Gasteiger partial charge in [-0.1, -0.05) is 5.57 Å². The van der Waals surface area contributed by atoms with Crippen LogP contribution in [0.3, 0.4) is 0 Å². The summed E-state index contributed by atoms with van der Waals surface area (Å²) in [5, 5.41) is 3.40. The molecule has 0 spiro atoms. The van der Waals surface area contributed by atoms with Crippen molar-refractivity contribution < 1.29 is 13.5 Å². The molecule has 4 nitrogen and oxygen atoms in total. The molecular formula is C20H27F2N3O. The van der Waals surface area contributed by atoms with Gasteiger partial charge in [-0.05, 0) is 44.3 Å². The van der Waals surface area contributed by atoms with E-state index in [-0.39, 0.29) is 11.1 Å². The van der Waals surface area contributed by atoms with E-state index in [0.29, 0.717) is 13.0 Å². The average Bonchev–Trinajstić information content (AvgIpc) is 3.07. The smallest absolute Gasteiger partial charge is 0.173 e. The van der Waals surface area contributed by atoms with E-state index in [4.69, 9.17) is 16.9 Å². The number of nitrogens with zero attached hydrogens (tertiary/aromatic N) is 1. The predicted octanol–water partition coefficient (Wildman–Crippen LogP) is 2.20. The summed E-state index contributed by atoms with van der Waals surface area (Å²) in [5.41, 5.74) is 9.21. The van der Waals surface area contributed by atoms with Gasteiger partial charge < -0.3 is 15.8 Å². The average molecular weight is 363 g/mol. The number of nitrogens with two attached hydrogens (primary N) is 1. The Morgan fingerprint density at radius 1 is 1.42 bits per heavy atom. The summed E-state index contributed by atoms with van der Waals surface area (Å²) in [6, 6.07) is -0.437. The lowest BCUT2D eigenvalue weighted by atomic mass is 9.83. The Hall–Kier alpha value is -1.52. The topological polar surface area (TPSA) is 50.5 Å². The first kappa shape index (κ1) is 19.2. The summed E-state index contributed by atoms with van der Waals surface area (Å²) in [6.45, 7) is 7.65. The van der Waals surface area contributed by atoms with E-state index in [1.54, 1.807) is 0 Å². The van der Waals surface area contributed by atoms with Crippen LogP contribution in [0.4, 0.5) is 8.78 Å². The van der Waals surface area contributed by atoms with Crippen LogP contribution in [-0.2, 0) is 4.74 Å². The van der Waals surface area contributed by atoms with Gasteiger partial charge in [-0.3, -0.25) is 4.90 Å². The van der Waals surface area contributed by atoms with Crippen LogP contribution in [0.2, 0.25) is 0 Å². The van der Waals surface area contributed by atoms with Gasteiger partial charge in [-0.2, -0.15) is 4.39 Å². The molecule has 0 amide bonds. The first-order valence-electron chi connectivity index (χ1n) is 9.07. The molecular weight excluding hydrogens is 336 g/mol. The maximum Gasteiger partial charge on any atom is 0.173 e. The minimum absolute atomic E-state index is 0.0960. The zero-order valence-corrected chi connectivity index (χ0v) is 15.4. The van der Waals surface area contributed by atoms with Crippen molar-refractivity contribution in [3.63, 3.8) is 0 Å². The third kappa shape index (κ3) is 3.77. The first-order chi connectivity index (χ1) is 12.3. The molecule has 3 aliphatic rings. The minimum Gasteiger partial charge on any atom is -0.370 e. The fourth-order valence-corrected chi connectivity index (χ4v) is 4.25. The third-order valence-electron chi connectivity index (χ3n) is 5.77. The number of halogens is 2. The molecule has 3 rings (SSSR count). The van der Waals surface area contributed by atoms with Crippen LogP contribution in [0.25, 0.3) is 0 Å². The van der Waals surface area contributed by atoms with Crippen LogP contribution in [0, 0.1) is 12.3 Å². The van der Waals surface area contributed by atoms with Crippen molar-refractivity contribution in [3.8, 4) is 12.3 Å². The second kappa shape index (κ2) is 7.61. The van der Waals surface area contributed by atoms with Crippen LogP contribution in [0.1, 0.15) is 26.7 Å². The fourth-order valence-electron chi connectivity index (χ4n) is 4.25. The van der Waals surface area contributed by atoms with Gasteiger partial charge in [0.1, 0.15) is 11.9 Å². The molecule has 1 fully saturated rings. The molecule has 3 aliphatic heterocycles. The SMILES string of the molecule is C#CC(F)=CC(=C(C)F)C1OCC(C)(N2CCC3=C(CNC3)C2)CC1N. The summed E-state index contributed by atoms with van der Waals surface area (Å²) in [4.78, 5) is 2.42. The molecule has 3 unspecified atom stereocenters. The Morgan fingerprint density at radius 3 is 2.81 bits per heavy atom. The Balaban J connectivity index is 1.73. The van der Waals surface area contributed by atoms with Crippen LogP contribution in [0.15, 0.2) is 34.4 Å². The van der Waals surface area contributed by atoms with Crippen molar-refractivity contribution in [2.75, 3.05) is 32.8 Å². The molecule has 0 bridgehead atoms. The van der Waals surface area contributed by atoms with Gasteiger partial charge in [-0.25, -0.2) is 4.39 Å². The second-order valence-electron chi connectivity index (χ2n) is 7.70. The van der Waals surface area contributed by atoms with Crippen molar-refractivity contribution >= 4 is 0 Å². The maximum absolute atomic E-state index is 14.0. The van der Waals surface area contributed by atoms with E-state index in [1.165, 1.54) is 18.1 Å². The molecule has 3 heterocycles. The summed E-state index contributed by atoms with van der Waals surface area (Å²) in [5.74, 6) is 0.519. The molecule has 6 heteroatoms. The van der Waals surface area contributed by atoms with Crippen LogP contribution in [-0.4, -0.2) is 55.4 Å². The minimum atomic E-state index is -0.828. The molecule has 0 saturated carbocycles. The molecule has 0 aromatic rings. The molecule has 0 aliphatic carbocycles. The Kier molecular flexibility index (Phi) is 5.64. The van der Waals surface area contributed by atoms with E-state index in [1.807, 2.05) is 5.92 Å². The lowest BCUT2D eigenvalue weighted by Crippen LogP contribution is -2.61. The first-order valence-corrected chi connectivity index (χ1v) is 9.07. The Labute approximate surface area is 154 Å². The van der Waals surface area contributed by atoms with Gasteiger partial charge in [0.25, 0.3) is 0 Å². The van der Waals surface area contributed by atoms with E-state index < -0.39 is 23.8 Å². The molecule has 1 saturated heterocycles. The number of hydrogen-bond donors (Lipinski definition) is 2. The Morgan fingerprint density at radius 2 is 2.15 bits per heavy atom. The number of ether oxygens (including phenoxy) is 1. The summed E-state index contributed by atoms with van der Waals surface area (Å²) >= 11 is 0. The largest absolute Gasteiger partial charge is 0.370 e. The highest BCUT2D eigenvalue weighted by molar-refractivity contribution is 5.35. The van der Waals surface area contributed by atoms with Crippen molar-refractivity contribution in [1.29, 1.82) is 0 Å². The number of rotatable bonds is 3. The number of nitrogens with one attached hydrogen (secondary N) is 1. The molecule has 26 heavy (non-hydrogen) atoms. The monoisotopic (exact) mass is 363 g/mol. The van der Waals surface area contributed by atoms with Gasteiger partial charge in [0, 0.05) is 43.3 Å². The van der Waals surface area contributed by atoms with Gasteiger partial charge in [-0.15, -0.1) is 6.42 Å². The molecule has 142 valence electrons. The van der Waals surface area contributed by atoms with Crippen LogP contribution in [0.5, 0.6) is 0 Å². The standard InChI is InChI=1S/C20H27F2N3O/c1-4-16(22)7-17(13(2)21)19-18(23)8-20(3,12-26-19)25-6-5-14-9-24-10-15(14)11-25/h1,7,18-19,24H,5-6,8-12,23H2,2-3H3. The highest BCUT2D eigenvalue weighted by Gasteiger charge is 2.43. The molecule has 0 radical (unpaired) electrons. The van der Waals surface area contributed by atoms with Crippen LogP contribution >= 0.6 is 0 Å². The summed E-state index contributed by atoms with van der Waals surface area (Å²) < 4.78 is 33.4. The van der Waals surface area contributed by atoms with Gasteiger partial charge in [0.2, 0.25) is 0 Å². The lowest BCUT2D eigenvalue weighted by Gasteiger charge is -2.49. The highest BCUT2D eigenvalue weighted by Crippen LogP contribution is 2.35. The number of hydrogen-bond acceptors (Lipinski definition) is 4. The van der Waals surface area contributed by atoms with Gasteiger partial charge in [0.05, 0.1) is 6.61 Å². The number of terminal acetylenes is 1. The van der Waals surface area contributed by atoms with E-state index >= 15 is 0 Å². The van der Waals surface area contributed by atoms with Crippen molar-refractivity contribution in [1.82, 2.24) is 10.2 Å². The van der Waals surface area contributed by atoms with Crippen LogP contribution < -0.4 is 11.1 Å². The van der Waals surface area contributed by atoms with E-state index in [0.717, 1.165) is 38.7 Å². The van der Waals surface area contributed by atoms with Crippen molar-refractivity contribution in [2.45, 2.75) is 44.4 Å². The maximum atomic E-state index is 14.0. The van der Waals surface area contributed by atoms with Crippen molar-refractivity contribution in [2.24, 2.45) is 5.73 Å². The Bertz CT molecular complexity index is 702. The van der Waals surface area contributed by atoms with Gasteiger partial charge in [0.15, 0.2) is 5.83 Å². The predicted molar refractivity (Wildman–Crippen MR) is 98.7 cm³/mol. The quantitative estimate of drug-likeness (QED) is 0.459. The third-order valence-corrected chi connectivity index (χ3v) is 5.77. The molecule has 3 N–H and O–H groups in total. The highest BCUT2D eigenvalue weighted by atomic mass is 19.1. The fraction of sp³-hybridized carbons (Fsp3) is 0.600. The zero-order valence-electron chi connectivity index (χ0n) is 15.4. The number of allylic oxidation sites excluding steroid dienone is 2. The van der Waals surface area contributed by atoms with Crippen molar-refractivity contribution in [3.05, 3.63) is 34.4 Å². The normalized spacial score (nSPS) is 34.4. The second-order valence-corrected chi connectivity index (χ2v) is 7.70. The van der Waals surface area contributed by atoms with E-state index in [9.17, 15) is 8.78 Å².